The summed E-state index contributed by atoms with van der Waals surface area (Å²) in [7, 11) is 1.91. The molecule has 0 radical (unpaired) electrons. The Morgan fingerprint density at radius 2 is 2.00 bits per heavy atom. The van der Waals surface area contributed by atoms with E-state index in [0.717, 1.165) is 12.8 Å². The number of hydrogen-bond donors (Lipinski definition) is 1. The van der Waals surface area contributed by atoms with Crippen molar-refractivity contribution in [1.29, 1.82) is 0 Å². The van der Waals surface area contributed by atoms with Crippen LogP contribution in [0.15, 0.2) is 23.0 Å². The van der Waals surface area contributed by atoms with E-state index in [9.17, 15) is 14.4 Å². The summed E-state index contributed by atoms with van der Waals surface area (Å²) in [6.07, 6.45) is 6.92. The van der Waals surface area contributed by atoms with E-state index in [0.29, 0.717) is 42.1 Å². The maximum absolute atomic E-state index is 13.0. The molecule has 4 rings (SSSR count). The summed E-state index contributed by atoms with van der Waals surface area (Å²) in [5, 5.41) is 3.07. The third-order valence-electron chi connectivity index (χ3n) is 6.50. The fraction of sp³-hybridized carbons (Fsp3) is 0.565. The van der Waals surface area contributed by atoms with E-state index in [-0.39, 0.29) is 23.3 Å². The largest absolute Gasteiger partial charge is 0.494 e. The molecule has 2 amide bonds. The molecule has 0 spiro atoms. The Morgan fingerprint density at radius 3 is 2.74 bits per heavy atom. The highest BCUT2D eigenvalue weighted by molar-refractivity contribution is 5.99. The molecule has 31 heavy (non-hydrogen) atoms. The van der Waals surface area contributed by atoms with Crippen molar-refractivity contribution in [2.24, 2.45) is 0 Å². The average molecular weight is 427 g/mol. The zero-order valence-electron chi connectivity index (χ0n) is 18.4. The summed E-state index contributed by atoms with van der Waals surface area (Å²) in [6, 6.07) is 5.50. The molecule has 1 aromatic heterocycles. The molecular formula is C23H30N4O4. The van der Waals surface area contributed by atoms with Gasteiger partial charge in [-0.15, -0.1) is 0 Å². The van der Waals surface area contributed by atoms with Crippen LogP contribution in [0.1, 0.15) is 58.8 Å². The summed E-state index contributed by atoms with van der Waals surface area (Å²) >= 11 is 0. The van der Waals surface area contributed by atoms with Gasteiger partial charge in [-0.05, 0) is 51.3 Å². The van der Waals surface area contributed by atoms with Gasteiger partial charge in [-0.1, -0.05) is 19.3 Å². The first-order chi connectivity index (χ1) is 14.8. The van der Waals surface area contributed by atoms with Crippen molar-refractivity contribution < 1.29 is 14.3 Å². The van der Waals surface area contributed by atoms with Crippen molar-refractivity contribution in [3.05, 3.63) is 28.6 Å². The lowest BCUT2D eigenvalue weighted by Crippen LogP contribution is -2.38. The van der Waals surface area contributed by atoms with Crippen molar-refractivity contribution in [1.82, 2.24) is 14.5 Å². The van der Waals surface area contributed by atoms with Crippen molar-refractivity contribution in [2.45, 2.75) is 70.4 Å². The van der Waals surface area contributed by atoms with Gasteiger partial charge >= 0.3 is 0 Å². The number of carbonyl (C=O) groups excluding carboxylic acids is 2. The molecule has 0 unspecified atom stereocenters. The minimum absolute atomic E-state index is 0.159. The van der Waals surface area contributed by atoms with E-state index in [1.165, 1.54) is 23.8 Å². The Bertz CT molecular complexity index is 1070. The van der Waals surface area contributed by atoms with Gasteiger partial charge in [0.2, 0.25) is 11.9 Å². The highest BCUT2D eigenvalue weighted by atomic mass is 16.5. The first kappa shape index (κ1) is 21.3. The van der Waals surface area contributed by atoms with Gasteiger partial charge in [0, 0.05) is 19.5 Å². The number of nitrogens with one attached hydrogen (secondary N) is 1. The molecule has 1 saturated carbocycles. The summed E-state index contributed by atoms with van der Waals surface area (Å²) in [4.78, 5) is 43.9. The minimum Gasteiger partial charge on any atom is -0.494 e. The SMILES string of the molecule is CN(C(=O)CCCOc1ccc2nc3n(c(=O)c2c1)C(C)(C)C(=O)N3)C1CCCCC1. The number of aromatic nitrogens is 2. The molecule has 1 aliphatic carbocycles. The van der Waals surface area contributed by atoms with Crippen molar-refractivity contribution >= 4 is 28.7 Å². The second-order valence-corrected chi connectivity index (χ2v) is 9.02. The molecule has 1 fully saturated rings. The number of rotatable bonds is 6. The molecule has 0 atom stereocenters. The maximum Gasteiger partial charge on any atom is 0.263 e. The third-order valence-corrected chi connectivity index (χ3v) is 6.50. The van der Waals surface area contributed by atoms with Crippen LogP contribution in [-0.2, 0) is 15.1 Å². The topological polar surface area (TPSA) is 93.5 Å². The van der Waals surface area contributed by atoms with E-state index in [2.05, 4.69) is 10.3 Å². The number of fused-ring (bicyclic) bond motifs is 2. The summed E-state index contributed by atoms with van der Waals surface area (Å²) in [6.45, 7) is 3.77. The predicted molar refractivity (Wildman–Crippen MR) is 118 cm³/mol. The minimum atomic E-state index is -0.991. The standard InChI is InChI=1S/C23H30N4O4/c1-23(2)21(30)25-22-24-18-12-11-16(14-17(18)20(29)27(22)23)31-13-7-10-19(28)26(3)15-8-5-4-6-9-15/h11-12,14-15H,4-10,13H2,1-3H3,(H,24,25,30). The molecule has 1 aliphatic heterocycles. The van der Waals surface area contributed by atoms with Crippen LogP contribution < -0.4 is 15.6 Å². The Morgan fingerprint density at radius 1 is 1.26 bits per heavy atom. The van der Waals surface area contributed by atoms with E-state index in [1.807, 2.05) is 11.9 Å². The molecule has 0 saturated heterocycles. The lowest BCUT2D eigenvalue weighted by Gasteiger charge is -2.31. The summed E-state index contributed by atoms with van der Waals surface area (Å²) in [5.41, 5.74) is -0.765. The van der Waals surface area contributed by atoms with E-state index in [4.69, 9.17) is 4.74 Å². The van der Waals surface area contributed by atoms with Gasteiger partial charge in [0.25, 0.3) is 11.5 Å². The van der Waals surface area contributed by atoms with Crippen molar-refractivity contribution in [3.8, 4) is 5.75 Å². The number of ether oxygens (including phenoxy) is 1. The van der Waals surface area contributed by atoms with Crippen LogP contribution in [0.5, 0.6) is 5.75 Å². The van der Waals surface area contributed by atoms with Gasteiger partial charge in [0.05, 0.1) is 17.5 Å². The molecular weight excluding hydrogens is 396 g/mol. The van der Waals surface area contributed by atoms with E-state index in [1.54, 1.807) is 32.0 Å². The second kappa shape index (κ2) is 8.32. The van der Waals surface area contributed by atoms with Gasteiger partial charge < -0.3 is 9.64 Å². The van der Waals surface area contributed by atoms with Crippen molar-refractivity contribution in [2.75, 3.05) is 19.0 Å². The number of nitrogens with zero attached hydrogens (tertiary/aromatic N) is 3. The summed E-state index contributed by atoms with van der Waals surface area (Å²) in [5.74, 6) is 0.718. The number of benzene rings is 1. The summed E-state index contributed by atoms with van der Waals surface area (Å²) < 4.78 is 7.20. The number of carbonyl (C=O) groups is 2. The van der Waals surface area contributed by atoms with Gasteiger partial charge in [0.15, 0.2) is 0 Å². The van der Waals surface area contributed by atoms with Gasteiger partial charge in [-0.25, -0.2) is 4.98 Å². The molecule has 8 heteroatoms. The van der Waals surface area contributed by atoms with Crippen LogP contribution >= 0.6 is 0 Å². The molecule has 0 bridgehead atoms. The Labute approximate surface area is 181 Å². The molecule has 2 heterocycles. The number of amides is 2. The van der Waals surface area contributed by atoms with Gasteiger partial charge in [0.1, 0.15) is 11.3 Å². The van der Waals surface area contributed by atoms with Crippen LogP contribution in [0.25, 0.3) is 10.9 Å². The zero-order chi connectivity index (χ0) is 22.2. The van der Waals surface area contributed by atoms with Gasteiger partial charge in [-0.2, -0.15) is 0 Å². The Kier molecular flexibility index (Phi) is 5.73. The number of anilines is 1. The van der Waals surface area contributed by atoms with Gasteiger partial charge in [-0.3, -0.25) is 24.3 Å². The molecule has 8 nitrogen and oxygen atoms in total. The Balaban J connectivity index is 1.39. The Hall–Kier alpha value is -2.90. The normalized spacial score (nSPS) is 18.0. The number of hydrogen-bond acceptors (Lipinski definition) is 5. The van der Waals surface area contributed by atoms with E-state index >= 15 is 0 Å². The molecule has 166 valence electrons. The molecule has 1 N–H and O–H groups in total. The zero-order valence-corrected chi connectivity index (χ0v) is 18.4. The van der Waals surface area contributed by atoms with Crippen LogP contribution in [-0.4, -0.2) is 46.0 Å². The average Bonchev–Trinajstić information content (AvgIpc) is 2.99. The monoisotopic (exact) mass is 426 g/mol. The second-order valence-electron chi connectivity index (χ2n) is 9.02. The fourth-order valence-corrected chi connectivity index (χ4v) is 4.47. The highest BCUT2D eigenvalue weighted by Gasteiger charge is 2.40. The lowest BCUT2D eigenvalue weighted by molar-refractivity contribution is -0.132. The first-order valence-electron chi connectivity index (χ1n) is 11.1. The molecule has 1 aromatic carbocycles. The van der Waals surface area contributed by atoms with Crippen LogP contribution in [0.3, 0.4) is 0 Å². The van der Waals surface area contributed by atoms with Crippen molar-refractivity contribution in [3.63, 3.8) is 0 Å². The van der Waals surface area contributed by atoms with Crippen LogP contribution in [0, 0.1) is 0 Å². The fourth-order valence-electron chi connectivity index (χ4n) is 4.47. The van der Waals surface area contributed by atoms with Crippen LogP contribution in [0.4, 0.5) is 5.95 Å². The molecule has 2 aromatic rings. The quantitative estimate of drug-likeness (QED) is 0.717. The highest BCUT2D eigenvalue weighted by Crippen LogP contribution is 2.28. The maximum atomic E-state index is 13.0. The third kappa shape index (κ3) is 4.03. The first-order valence-corrected chi connectivity index (χ1v) is 11.1. The van der Waals surface area contributed by atoms with E-state index < -0.39 is 5.54 Å². The van der Waals surface area contributed by atoms with Crippen LogP contribution in [0.2, 0.25) is 0 Å². The molecule has 2 aliphatic rings. The predicted octanol–water partition coefficient (Wildman–Crippen LogP) is 3.03. The smallest absolute Gasteiger partial charge is 0.263 e. The lowest BCUT2D eigenvalue weighted by atomic mass is 9.94.